The summed E-state index contributed by atoms with van der Waals surface area (Å²) in [5.74, 6) is -0.498. The van der Waals surface area contributed by atoms with E-state index in [-0.39, 0.29) is 35.5 Å². The summed E-state index contributed by atoms with van der Waals surface area (Å²) < 4.78 is 0. The summed E-state index contributed by atoms with van der Waals surface area (Å²) in [4.78, 5) is 26.7. The van der Waals surface area contributed by atoms with Crippen molar-refractivity contribution in [3.05, 3.63) is 58.9 Å². The lowest BCUT2D eigenvalue weighted by atomic mass is 9.68. The Morgan fingerprint density at radius 2 is 2.03 bits per heavy atom. The molecule has 1 aliphatic carbocycles. The van der Waals surface area contributed by atoms with E-state index in [2.05, 4.69) is 21.6 Å². The summed E-state index contributed by atoms with van der Waals surface area (Å²) in [5, 5.41) is 11.0. The number of benzene rings is 1. The highest BCUT2D eigenvalue weighted by molar-refractivity contribution is 6.30. The molecule has 7 nitrogen and oxygen atoms in total. The first-order valence-electron chi connectivity index (χ1n) is 9.74. The van der Waals surface area contributed by atoms with Gasteiger partial charge in [-0.15, -0.1) is 5.10 Å². The van der Waals surface area contributed by atoms with Crippen LogP contribution in [0.1, 0.15) is 41.7 Å². The Hall–Kier alpha value is -2.51. The van der Waals surface area contributed by atoms with Crippen molar-refractivity contribution in [2.75, 3.05) is 20.1 Å². The van der Waals surface area contributed by atoms with Crippen LogP contribution in [0.3, 0.4) is 0 Å². The van der Waals surface area contributed by atoms with Crippen LogP contribution in [0.25, 0.3) is 0 Å². The van der Waals surface area contributed by atoms with Gasteiger partial charge in [-0.3, -0.25) is 9.59 Å². The normalized spacial score (nSPS) is 21.4. The third kappa shape index (κ3) is 4.74. The average molecular weight is 416 g/mol. The molecule has 1 heterocycles. The molecule has 3 rings (SSSR count). The predicted octanol–water partition coefficient (Wildman–Crippen LogP) is 2.16. The molecule has 1 aliphatic rings. The standard InChI is InChI=1S/C21H26ClN5O2/c1-24-19(28)13-27(20(29)18-6-3-11-25-26-18)17-7-9-21(14-23,10-8-17)15-4-2-5-16(22)12-15/h2-6,11-12,17H,7-10,13-14,23H2,1H3,(H,24,28). The first-order chi connectivity index (χ1) is 14.0. The number of nitrogens with zero attached hydrogens (tertiary/aromatic N) is 3. The van der Waals surface area contributed by atoms with Crippen LogP contribution in [0.15, 0.2) is 42.6 Å². The van der Waals surface area contributed by atoms with E-state index in [0.29, 0.717) is 11.6 Å². The van der Waals surface area contributed by atoms with Gasteiger partial charge in [-0.05, 0) is 55.5 Å². The number of nitrogens with two attached hydrogens (primary N) is 1. The number of carbonyl (C=O) groups excluding carboxylic acids is 2. The monoisotopic (exact) mass is 415 g/mol. The van der Waals surface area contributed by atoms with Gasteiger partial charge in [-0.1, -0.05) is 23.7 Å². The fourth-order valence-corrected chi connectivity index (χ4v) is 4.25. The number of likely N-dealkylation sites (N-methyl/N-ethyl adjacent to an activating group) is 1. The lowest BCUT2D eigenvalue weighted by Gasteiger charge is -2.43. The fourth-order valence-electron chi connectivity index (χ4n) is 4.06. The van der Waals surface area contributed by atoms with Crippen molar-refractivity contribution < 1.29 is 9.59 Å². The van der Waals surface area contributed by atoms with Crippen LogP contribution in [0, 0.1) is 0 Å². The van der Waals surface area contributed by atoms with Gasteiger partial charge in [0.15, 0.2) is 5.69 Å². The van der Waals surface area contributed by atoms with Crippen LogP contribution in [0.2, 0.25) is 5.02 Å². The van der Waals surface area contributed by atoms with Crippen molar-refractivity contribution in [3.8, 4) is 0 Å². The van der Waals surface area contributed by atoms with Crippen molar-refractivity contribution in [2.24, 2.45) is 5.73 Å². The summed E-state index contributed by atoms with van der Waals surface area (Å²) in [6.07, 6.45) is 4.62. The zero-order valence-electron chi connectivity index (χ0n) is 16.5. The second-order valence-corrected chi connectivity index (χ2v) is 7.88. The van der Waals surface area contributed by atoms with Crippen LogP contribution in [-0.2, 0) is 10.2 Å². The SMILES string of the molecule is CNC(=O)CN(C(=O)c1cccnn1)C1CCC(CN)(c2cccc(Cl)c2)CC1. The molecule has 8 heteroatoms. The number of rotatable bonds is 6. The number of amides is 2. The minimum absolute atomic E-state index is 0.0106. The Bertz CT molecular complexity index is 853. The van der Waals surface area contributed by atoms with Crippen LogP contribution >= 0.6 is 11.6 Å². The number of aromatic nitrogens is 2. The smallest absolute Gasteiger partial charge is 0.275 e. The van der Waals surface area contributed by atoms with Gasteiger partial charge in [0.25, 0.3) is 5.91 Å². The maximum absolute atomic E-state index is 13.0. The van der Waals surface area contributed by atoms with E-state index in [9.17, 15) is 9.59 Å². The molecule has 1 aromatic heterocycles. The van der Waals surface area contributed by atoms with E-state index < -0.39 is 0 Å². The van der Waals surface area contributed by atoms with Crippen LogP contribution in [0.5, 0.6) is 0 Å². The average Bonchev–Trinajstić information content (AvgIpc) is 2.77. The summed E-state index contributed by atoms with van der Waals surface area (Å²) >= 11 is 6.19. The molecule has 2 aromatic rings. The molecule has 1 fully saturated rings. The van der Waals surface area contributed by atoms with Gasteiger partial charge in [0.1, 0.15) is 6.54 Å². The maximum atomic E-state index is 13.0. The number of halogens is 1. The molecule has 3 N–H and O–H groups in total. The van der Waals surface area contributed by atoms with E-state index in [1.165, 1.54) is 6.20 Å². The van der Waals surface area contributed by atoms with Crippen LogP contribution in [0.4, 0.5) is 0 Å². The van der Waals surface area contributed by atoms with Crippen molar-refractivity contribution in [2.45, 2.75) is 37.1 Å². The quantitative estimate of drug-likeness (QED) is 0.752. The third-order valence-electron chi connectivity index (χ3n) is 5.83. The molecule has 0 bridgehead atoms. The van der Waals surface area contributed by atoms with Crippen molar-refractivity contribution in [1.82, 2.24) is 20.4 Å². The molecule has 0 saturated heterocycles. The zero-order chi connectivity index (χ0) is 20.9. The molecular weight excluding hydrogens is 390 g/mol. The number of hydrogen-bond donors (Lipinski definition) is 2. The topological polar surface area (TPSA) is 101 Å². The lowest BCUT2D eigenvalue weighted by molar-refractivity contribution is -0.121. The van der Waals surface area contributed by atoms with Gasteiger partial charge in [0, 0.05) is 36.3 Å². The van der Waals surface area contributed by atoms with Gasteiger partial charge in [-0.25, -0.2) is 0 Å². The molecule has 1 saturated carbocycles. The molecule has 0 aliphatic heterocycles. The molecule has 1 aromatic carbocycles. The Morgan fingerprint density at radius 1 is 1.28 bits per heavy atom. The van der Waals surface area contributed by atoms with Crippen molar-refractivity contribution in [1.29, 1.82) is 0 Å². The fraction of sp³-hybridized carbons (Fsp3) is 0.429. The first-order valence-corrected chi connectivity index (χ1v) is 10.1. The van der Waals surface area contributed by atoms with Crippen molar-refractivity contribution in [3.63, 3.8) is 0 Å². The number of nitrogens with one attached hydrogen (secondary N) is 1. The van der Waals surface area contributed by atoms with E-state index in [1.54, 1.807) is 24.1 Å². The highest BCUT2D eigenvalue weighted by atomic mass is 35.5. The highest BCUT2D eigenvalue weighted by Crippen LogP contribution is 2.41. The largest absolute Gasteiger partial charge is 0.358 e. The lowest BCUT2D eigenvalue weighted by Crippen LogP contribution is -2.50. The maximum Gasteiger partial charge on any atom is 0.275 e. The second-order valence-electron chi connectivity index (χ2n) is 7.44. The van der Waals surface area contributed by atoms with Crippen LogP contribution < -0.4 is 11.1 Å². The van der Waals surface area contributed by atoms with E-state index in [1.807, 2.05) is 18.2 Å². The predicted molar refractivity (Wildman–Crippen MR) is 112 cm³/mol. The zero-order valence-corrected chi connectivity index (χ0v) is 17.2. The minimum Gasteiger partial charge on any atom is -0.358 e. The third-order valence-corrected chi connectivity index (χ3v) is 6.06. The molecule has 0 unspecified atom stereocenters. The Kier molecular flexibility index (Phi) is 6.82. The Balaban J connectivity index is 1.80. The first kappa shape index (κ1) is 21.2. The van der Waals surface area contributed by atoms with Gasteiger partial charge >= 0.3 is 0 Å². The summed E-state index contributed by atoms with van der Waals surface area (Å²) in [5.41, 5.74) is 7.38. The molecule has 154 valence electrons. The summed E-state index contributed by atoms with van der Waals surface area (Å²) in [6, 6.07) is 11.0. The van der Waals surface area contributed by atoms with E-state index in [0.717, 1.165) is 31.2 Å². The van der Waals surface area contributed by atoms with Crippen molar-refractivity contribution >= 4 is 23.4 Å². The molecule has 0 atom stereocenters. The molecular formula is C21H26ClN5O2. The Morgan fingerprint density at radius 3 is 2.62 bits per heavy atom. The second kappa shape index (κ2) is 9.33. The molecule has 0 spiro atoms. The Labute approximate surface area is 175 Å². The summed E-state index contributed by atoms with van der Waals surface area (Å²) in [7, 11) is 1.56. The van der Waals surface area contributed by atoms with Gasteiger partial charge in [-0.2, -0.15) is 5.10 Å². The highest BCUT2D eigenvalue weighted by Gasteiger charge is 2.39. The number of carbonyl (C=O) groups is 2. The molecule has 29 heavy (non-hydrogen) atoms. The minimum atomic E-state index is -0.283. The summed E-state index contributed by atoms with van der Waals surface area (Å²) in [6.45, 7) is 0.497. The van der Waals surface area contributed by atoms with Gasteiger partial charge in [0.2, 0.25) is 5.91 Å². The number of hydrogen-bond acceptors (Lipinski definition) is 5. The van der Waals surface area contributed by atoms with Gasteiger partial charge < -0.3 is 16.0 Å². The molecule has 0 radical (unpaired) electrons. The molecule has 2 amide bonds. The van der Waals surface area contributed by atoms with Crippen LogP contribution in [-0.4, -0.2) is 53.1 Å². The van der Waals surface area contributed by atoms with Gasteiger partial charge in [0.05, 0.1) is 0 Å². The van der Waals surface area contributed by atoms with E-state index >= 15 is 0 Å². The van der Waals surface area contributed by atoms with E-state index in [4.69, 9.17) is 17.3 Å².